The first kappa shape index (κ1) is 25.5. The fraction of sp³-hybridized carbons (Fsp3) is 0.308. The number of halogens is 2. The van der Waals surface area contributed by atoms with E-state index in [1.54, 1.807) is 24.4 Å². The van der Waals surface area contributed by atoms with Crippen LogP contribution in [0.3, 0.4) is 0 Å². The minimum Gasteiger partial charge on any atom is -0.378 e. The fourth-order valence-electron chi connectivity index (χ4n) is 4.21. The maximum Gasteiger partial charge on any atom is 0.123 e. The highest BCUT2D eigenvalue weighted by atomic mass is 35.5. The van der Waals surface area contributed by atoms with Gasteiger partial charge in [-0.05, 0) is 61.4 Å². The number of hydrogen-bond donors (Lipinski definition) is 4. The molecule has 37 heavy (non-hydrogen) atoms. The number of aromatic nitrogens is 1. The number of pyridine rings is 1. The summed E-state index contributed by atoms with van der Waals surface area (Å²) < 4.78 is 13.8. The van der Waals surface area contributed by atoms with E-state index in [2.05, 4.69) is 51.4 Å². The van der Waals surface area contributed by atoms with Crippen LogP contribution in [0.25, 0.3) is 10.9 Å². The molecule has 1 saturated carbocycles. The van der Waals surface area contributed by atoms with Gasteiger partial charge >= 0.3 is 0 Å². The topological polar surface area (TPSA) is 88.0 Å². The van der Waals surface area contributed by atoms with Crippen LogP contribution in [0.2, 0.25) is 5.02 Å². The summed E-state index contributed by atoms with van der Waals surface area (Å²) in [6.45, 7) is 0. The van der Waals surface area contributed by atoms with Crippen LogP contribution in [-0.2, 0) is 5.44 Å². The van der Waals surface area contributed by atoms with E-state index < -0.39 is 15.5 Å². The average molecular weight is 536 g/mol. The molecule has 2 aliphatic rings. The van der Waals surface area contributed by atoms with Crippen molar-refractivity contribution in [1.82, 2.24) is 21.0 Å². The van der Waals surface area contributed by atoms with Crippen molar-refractivity contribution >= 4 is 51.8 Å². The molecule has 190 valence electrons. The standard InChI is InChI=1S/C26H28BClFN7S/c1-37(2,3)15-32-24-16(12-30)13-31-25-21(24)10-19(11-22(25)28)33-26(27,17-4-6-18(29)7-5-17)23-14-36(35-34-23)20-8-9-20/h4-7,10-11,13-14,20,33-35H,8-9,15H2,1-3H3,(H,31,32). The zero-order valence-corrected chi connectivity index (χ0v) is 22.5. The van der Waals surface area contributed by atoms with Gasteiger partial charge in [0.2, 0.25) is 0 Å². The molecule has 7 nitrogen and oxygen atoms in total. The van der Waals surface area contributed by atoms with Crippen LogP contribution in [-0.4, -0.2) is 48.5 Å². The maximum absolute atomic E-state index is 13.8. The van der Waals surface area contributed by atoms with E-state index in [-0.39, 0.29) is 5.82 Å². The molecule has 0 saturated heterocycles. The van der Waals surface area contributed by atoms with E-state index in [1.807, 2.05) is 17.3 Å². The normalized spacial score (nSPS) is 17.5. The molecular formula is C26H28BClFN7S. The fourth-order valence-corrected chi connectivity index (χ4v) is 5.05. The maximum atomic E-state index is 13.8. The number of benzene rings is 2. The lowest BCUT2D eigenvalue weighted by Crippen LogP contribution is -2.45. The van der Waals surface area contributed by atoms with Gasteiger partial charge in [-0.3, -0.25) is 9.99 Å². The molecular weight excluding hydrogens is 508 g/mol. The predicted octanol–water partition coefficient (Wildman–Crippen LogP) is 4.72. The molecule has 4 N–H and O–H groups in total. The van der Waals surface area contributed by atoms with Crippen LogP contribution >= 0.6 is 21.6 Å². The molecule has 1 aliphatic carbocycles. The molecule has 2 heterocycles. The summed E-state index contributed by atoms with van der Waals surface area (Å²) in [5.74, 6) is 0.379. The van der Waals surface area contributed by atoms with Crippen molar-refractivity contribution in [3.05, 3.63) is 76.5 Å². The predicted molar refractivity (Wildman–Crippen MR) is 152 cm³/mol. The molecule has 2 radical (unpaired) electrons. The van der Waals surface area contributed by atoms with Crippen LogP contribution in [0.1, 0.15) is 24.0 Å². The molecule has 1 atom stereocenters. The Labute approximate surface area is 224 Å². The summed E-state index contributed by atoms with van der Waals surface area (Å²) in [6, 6.07) is 12.4. The lowest BCUT2D eigenvalue weighted by molar-refractivity contribution is 0.260. The van der Waals surface area contributed by atoms with Gasteiger partial charge in [0.1, 0.15) is 19.7 Å². The van der Waals surface area contributed by atoms with Gasteiger partial charge in [-0.2, -0.15) is 5.26 Å². The summed E-state index contributed by atoms with van der Waals surface area (Å²) in [4.78, 5) is 4.45. The molecule has 5 rings (SSSR count). The Morgan fingerprint density at radius 2 is 2.00 bits per heavy atom. The van der Waals surface area contributed by atoms with Gasteiger partial charge in [0, 0.05) is 35.4 Å². The van der Waals surface area contributed by atoms with E-state index in [1.165, 1.54) is 12.1 Å². The average Bonchev–Trinajstić information content (AvgIpc) is 3.58. The van der Waals surface area contributed by atoms with Crippen LogP contribution < -0.4 is 21.6 Å². The minimum atomic E-state index is -1.25. The van der Waals surface area contributed by atoms with E-state index in [4.69, 9.17) is 19.4 Å². The van der Waals surface area contributed by atoms with Gasteiger partial charge in [0.15, 0.2) is 0 Å². The molecule has 1 fully saturated rings. The monoisotopic (exact) mass is 535 g/mol. The first-order valence-corrected chi connectivity index (χ1v) is 15.3. The quantitative estimate of drug-likeness (QED) is 0.310. The molecule has 0 bridgehead atoms. The number of hydrogen-bond acceptors (Lipinski definition) is 7. The van der Waals surface area contributed by atoms with Crippen molar-refractivity contribution in [3.63, 3.8) is 0 Å². The summed E-state index contributed by atoms with van der Waals surface area (Å²) in [5.41, 5.74) is 8.74. The molecule has 1 aliphatic heterocycles. The number of anilines is 2. The Bertz CT molecular complexity index is 1420. The number of nitrogens with zero attached hydrogens (tertiary/aromatic N) is 3. The number of hydrazine groups is 2. The Morgan fingerprint density at radius 3 is 2.65 bits per heavy atom. The second-order valence-corrected chi connectivity index (χ2v) is 15.2. The number of nitrogens with one attached hydrogen (secondary N) is 4. The molecule has 11 heteroatoms. The van der Waals surface area contributed by atoms with Crippen LogP contribution in [0.15, 0.2) is 54.5 Å². The zero-order chi connectivity index (χ0) is 26.4. The van der Waals surface area contributed by atoms with E-state index in [9.17, 15) is 9.65 Å². The van der Waals surface area contributed by atoms with Gasteiger partial charge in [-0.1, -0.05) is 23.7 Å². The molecule has 0 amide bonds. The highest BCUT2D eigenvalue weighted by molar-refractivity contribution is 8.32. The Balaban J connectivity index is 1.60. The van der Waals surface area contributed by atoms with E-state index in [0.29, 0.717) is 50.2 Å². The zero-order valence-electron chi connectivity index (χ0n) is 20.9. The van der Waals surface area contributed by atoms with E-state index in [0.717, 1.165) is 18.7 Å². The molecule has 3 aromatic rings. The van der Waals surface area contributed by atoms with Crippen molar-refractivity contribution < 1.29 is 4.39 Å². The van der Waals surface area contributed by atoms with Crippen LogP contribution in [0, 0.1) is 17.1 Å². The number of fused-ring (bicyclic) bond motifs is 1. The number of rotatable bonds is 8. The Hall–Kier alpha value is -3.13. The first-order valence-electron chi connectivity index (χ1n) is 11.8. The summed E-state index contributed by atoms with van der Waals surface area (Å²) in [5, 5.41) is 19.8. The van der Waals surface area contributed by atoms with Gasteiger partial charge in [-0.25, -0.2) is 14.4 Å². The van der Waals surface area contributed by atoms with Gasteiger partial charge in [-0.15, -0.1) is 5.53 Å². The smallest absolute Gasteiger partial charge is 0.123 e. The molecule has 1 aromatic heterocycles. The van der Waals surface area contributed by atoms with Crippen LogP contribution in [0.5, 0.6) is 0 Å². The minimum absolute atomic E-state index is 0.349. The SMILES string of the molecule is [B]C(Nc1cc(Cl)c2ncc(C#N)c(NCS(C)(C)C)c2c1)(C1=CN(C2CC2)NN1)c1ccc(F)cc1. The third-order valence-electron chi connectivity index (χ3n) is 6.32. The largest absolute Gasteiger partial charge is 0.378 e. The summed E-state index contributed by atoms with van der Waals surface area (Å²) in [7, 11) is 6.15. The van der Waals surface area contributed by atoms with Crippen molar-refractivity contribution in [2.45, 2.75) is 24.3 Å². The third kappa shape index (κ3) is 5.30. The van der Waals surface area contributed by atoms with Gasteiger partial charge in [0.25, 0.3) is 0 Å². The van der Waals surface area contributed by atoms with Crippen molar-refractivity contribution in [3.8, 4) is 6.07 Å². The van der Waals surface area contributed by atoms with Crippen molar-refractivity contribution in [2.75, 3.05) is 35.3 Å². The lowest BCUT2D eigenvalue weighted by Gasteiger charge is -2.34. The second kappa shape index (κ2) is 9.64. The first-order chi connectivity index (χ1) is 17.6. The number of nitriles is 1. The molecule has 2 aromatic carbocycles. The Kier molecular flexibility index (Phi) is 6.65. The van der Waals surface area contributed by atoms with Gasteiger partial charge in [0.05, 0.1) is 32.9 Å². The summed E-state index contributed by atoms with van der Waals surface area (Å²) in [6.07, 6.45) is 12.3. The molecule has 0 spiro atoms. The highest BCUT2D eigenvalue weighted by Gasteiger charge is 2.37. The second-order valence-electron chi connectivity index (χ2n) is 10.3. The van der Waals surface area contributed by atoms with Gasteiger partial charge < -0.3 is 16.1 Å². The Morgan fingerprint density at radius 1 is 1.27 bits per heavy atom. The summed E-state index contributed by atoms with van der Waals surface area (Å²) >= 11 is 6.70. The lowest BCUT2D eigenvalue weighted by atomic mass is 9.69. The van der Waals surface area contributed by atoms with Crippen molar-refractivity contribution in [1.29, 1.82) is 5.26 Å². The van der Waals surface area contributed by atoms with E-state index >= 15 is 0 Å². The third-order valence-corrected chi connectivity index (χ3v) is 7.62. The highest BCUT2D eigenvalue weighted by Crippen LogP contribution is 2.40. The van der Waals surface area contributed by atoms with Crippen LogP contribution in [0.4, 0.5) is 15.8 Å². The molecule has 1 unspecified atom stereocenters. The van der Waals surface area contributed by atoms with Crippen molar-refractivity contribution in [2.24, 2.45) is 0 Å².